The van der Waals surface area contributed by atoms with E-state index in [0.717, 1.165) is 42.0 Å². The second-order valence-corrected chi connectivity index (χ2v) is 10.3. The fraction of sp³-hybridized carbons (Fsp3) is 0.258. The lowest BCUT2D eigenvalue weighted by atomic mass is 10.0. The van der Waals surface area contributed by atoms with Gasteiger partial charge >= 0.3 is 5.97 Å². The first kappa shape index (κ1) is 29.2. The second-order valence-electron chi connectivity index (χ2n) is 9.41. The maximum atomic E-state index is 12.6. The summed E-state index contributed by atoms with van der Waals surface area (Å²) in [6, 6.07) is 18.8. The van der Waals surface area contributed by atoms with Crippen molar-refractivity contribution in [2.75, 3.05) is 0 Å². The standard InChI is InChI=1S/C31H31Cl2N3O4/c1-3-5-16-36-19-28(25-15-10-22(32)18-26(25)33)35-30(36)27(34-29(37)4-2)17-20-6-11-23(12-7-20)40-24-13-8-21(9-14-24)31(38)39/h6-15,18-19,27H,3-5,16-17H2,1-2H3,(H,34,37)(H,38,39)/t27-/m0/s1. The number of nitrogens with one attached hydrogen (secondary N) is 1. The lowest BCUT2D eigenvalue weighted by Gasteiger charge is -2.20. The van der Waals surface area contributed by atoms with Crippen molar-refractivity contribution in [1.82, 2.24) is 14.9 Å². The largest absolute Gasteiger partial charge is 0.478 e. The summed E-state index contributed by atoms with van der Waals surface area (Å²) in [7, 11) is 0. The van der Waals surface area contributed by atoms with E-state index in [-0.39, 0.29) is 17.5 Å². The van der Waals surface area contributed by atoms with E-state index in [0.29, 0.717) is 34.4 Å². The van der Waals surface area contributed by atoms with Gasteiger partial charge in [-0.3, -0.25) is 4.79 Å². The smallest absolute Gasteiger partial charge is 0.335 e. The second kappa shape index (κ2) is 13.5. The number of imidazole rings is 1. The predicted octanol–water partition coefficient (Wildman–Crippen LogP) is 7.96. The molecule has 0 spiro atoms. The topological polar surface area (TPSA) is 93.5 Å². The lowest BCUT2D eigenvalue weighted by Crippen LogP contribution is -2.31. The number of hydrogen-bond acceptors (Lipinski definition) is 4. The molecule has 1 atom stereocenters. The summed E-state index contributed by atoms with van der Waals surface area (Å²) in [6.07, 6.45) is 4.84. The average Bonchev–Trinajstić information content (AvgIpc) is 3.36. The van der Waals surface area contributed by atoms with Crippen molar-refractivity contribution in [2.45, 2.75) is 52.1 Å². The molecule has 1 aromatic heterocycles. The molecule has 0 aliphatic carbocycles. The molecule has 0 bridgehead atoms. The molecular weight excluding hydrogens is 549 g/mol. The number of amides is 1. The Bertz CT molecular complexity index is 1470. The molecule has 4 aromatic rings. The van der Waals surface area contributed by atoms with Gasteiger partial charge in [-0.1, -0.05) is 55.6 Å². The van der Waals surface area contributed by atoms with Gasteiger partial charge in [-0.2, -0.15) is 0 Å². The number of carbonyl (C=O) groups excluding carboxylic acids is 1. The molecule has 4 rings (SSSR count). The molecule has 1 amide bonds. The normalized spacial score (nSPS) is 11.7. The zero-order valence-corrected chi connectivity index (χ0v) is 23.9. The molecule has 1 heterocycles. The van der Waals surface area contributed by atoms with E-state index in [1.807, 2.05) is 43.5 Å². The van der Waals surface area contributed by atoms with Crippen LogP contribution in [0, 0.1) is 0 Å². The molecule has 40 heavy (non-hydrogen) atoms. The molecule has 0 radical (unpaired) electrons. The number of nitrogens with zero attached hydrogens (tertiary/aromatic N) is 2. The number of hydrogen-bond donors (Lipinski definition) is 2. The summed E-state index contributed by atoms with van der Waals surface area (Å²) >= 11 is 12.6. The van der Waals surface area contributed by atoms with Crippen molar-refractivity contribution < 1.29 is 19.4 Å². The van der Waals surface area contributed by atoms with Gasteiger partial charge in [0, 0.05) is 29.7 Å². The zero-order valence-electron chi connectivity index (χ0n) is 22.4. The van der Waals surface area contributed by atoms with E-state index >= 15 is 0 Å². The molecule has 0 aliphatic rings. The van der Waals surface area contributed by atoms with Crippen LogP contribution in [0.4, 0.5) is 0 Å². The molecule has 0 unspecified atom stereocenters. The van der Waals surface area contributed by atoms with Crippen LogP contribution < -0.4 is 10.1 Å². The van der Waals surface area contributed by atoms with Crippen molar-refractivity contribution in [3.05, 3.63) is 99.9 Å². The van der Waals surface area contributed by atoms with E-state index in [2.05, 4.69) is 16.8 Å². The van der Waals surface area contributed by atoms with E-state index in [1.54, 1.807) is 24.3 Å². The van der Waals surface area contributed by atoms with Gasteiger partial charge in [-0.25, -0.2) is 9.78 Å². The highest BCUT2D eigenvalue weighted by atomic mass is 35.5. The first-order chi connectivity index (χ1) is 19.3. The highest BCUT2D eigenvalue weighted by Crippen LogP contribution is 2.32. The first-order valence-electron chi connectivity index (χ1n) is 13.2. The number of aromatic nitrogens is 2. The molecular formula is C31H31Cl2N3O4. The maximum absolute atomic E-state index is 12.6. The van der Waals surface area contributed by atoms with E-state index < -0.39 is 5.97 Å². The summed E-state index contributed by atoms with van der Waals surface area (Å²) in [5.74, 6) is 0.864. The Balaban J connectivity index is 1.60. The van der Waals surface area contributed by atoms with Crippen molar-refractivity contribution in [3.8, 4) is 22.8 Å². The van der Waals surface area contributed by atoms with Crippen LogP contribution in [0.3, 0.4) is 0 Å². The Hall–Kier alpha value is -3.81. The van der Waals surface area contributed by atoms with Gasteiger partial charge in [0.25, 0.3) is 0 Å². The molecule has 0 saturated heterocycles. The zero-order chi connectivity index (χ0) is 28.6. The minimum Gasteiger partial charge on any atom is -0.478 e. The Morgan fingerprint density at radius 3 is 2.27 bits per heavy atom. The summed E-state index contributed by atoms with van der Waals surface area (Å²) in [5.41, 5.74) is 2.69. The van der Waals surface area contributed by atoms with Crippen molar-refractivity contribution in [3.63, 3.8) is 0 Å². The highest BCUT2D eigenvalue weighted by Gasteiger charge is 2.22. The van der Waals surface area contributed by atoms with Gasteiger partial charge < -0.3 is 19.7 Å². The minimum absolute atomic E-state index is 0.0640. The van der Waals surface area contributed by atoms with Crippen LogP contribution in [0.25, 0.3) is 11.3 Å². The summed E-state index contributed by atoms with van der Waals surface area (Å²) in [5, 5.41) is 13.3. The summed E-state index contributed by atoms with van der Waals surface area (Å²) < 4.78 is 7.97. The fourth-order valence-corrected chi connectivity index (χ4v) is 4.78. The SMILES string of the molecule is CCCCn1cc(-c2ccc(Cl)cc2Cl)nc1[C@H](Cc1ccc(Oc2ccc(C(=O)O)cc2)cc1)NC(=O)CC. The number of halogens is 2. The number of carboxylic acid groups (broad SMARTS) is 1. The van der Waals surface area contributed by atoms with Crippen LogP contribution in [0.5, 0.6) is 11.5 Å². The highest BCUT2D eigenvalue weighted by molar-refractivity contribution is 6.36. The average molecular weight is 581 g/mol. The quantitative estimate of drug-likeness (QED) is 0.177. The molecule has 0 saturated carbocycles. The van der Waals surface area contributed by atoms with Gasteiger partial charge in [0.15, 0.2) is 0 Å². The van der Waals surface area contributed by atoms with Gasteiger partial charge in [0.05, 0.1) is 22.3 Å². The van der Waals surface area contributed by atoms with Gasteiger partial charge in [0.1, 0.15) is 17.3 Å². The molecule has 2 N–H and O–H groups in total. The molecule has 208 valence electrons. The van der Waals surface area contributed by atoms with E-state index in [4.69, 9.17) is 38.0 Å². The first-order valence-corrected chi connectivity index (χ1v) is 13.9. The molecule has 0 aliphatic heterocycles. The molecule has 3 aromatic carbocycles. The van der Waals surface area contributed by atoms with Crippen LogP contribution >= 0.6 is 23.2 Å². The Kier molecular flexibility index (Phi) is 9.85. The summed E-state index contributed by atoms with van der Waals surface area (Å²) in [4.78, 5) is 28.6. The minimum atomic E-state index is -0.987. The monoisotopic (exact) mass is 579 g/mol. The van der Waals surface area contributed by atoms with Crippen LogP contribution in [0.15, 0.2) is 72.9 Å². The van der Waals surface area contributed by atoms with Crippen LogP contribution in [0.1, 0.15) is 60.9 Å². The molecule has 7 nitrogen and oxygen atoms in total. The number of ether oxygens (including phenoxy) is 1. The predicted molar refractivity (Wildman–Crippen MR) is 157 cm³/mol. The lowest BCUT2D eigenvalue weighted by molar-refractivity contribution is -0.121. The third-order valence-electron chi connectivity index (χ3n) is 6.44. The van der Waals surface area contributed by atoms with E-state index in [1.165, 1.54) is 12.1 Å². The van der Waals surface area contributed by atoms with Crippen molar-refractivity contribution in [2.24, 2.45) is 0 Å². The van der Waals surface area contributed by atoms with Crippen LogP contribution in [-0.2, 0) is 17.8 Å². The Morgan fingerprint density at radius 1 is 1.00 bits per heavy atom. The van der Waals surface area contributed by atoms with Crippen LogP contribution in [-0.4, -0.2) is 26.5 Å². The number of rotatable bonds is 12. The molecule has 0 fully saturated rings. The van der Waals surface area contributed by atoms with Crippen molar-refractivity contribution in [1.29, 1.82) is 0 Å². The number of carbonyl (C=O) groups is 2. The number of unbranched alkanes of at least 4 members (excludes halogenated alkanes) is 1. The van der Waals surface area contributed by atoms with Gasteiger partial charge in [-0.05, 0) is 73.0 Å². The number of aromatic carboxylic acids is 1. The Labute approximate surface area is 243 Å². The Morgan fingerprint density at radius 2 is 1.68 bits per heavy atom. The molecule has 9 heteroatoms. The van der Waals surface area contributed by atoms with Crippen molar-refractivity contribution >= 4 is 35.1 Å². The van der Waals surface area contributed by atoms with E-state index in [9.17, 15) is 9.59 Å². The third-order valence-corrected chi connectivity index (χ3v) is 6.98. The third kappa shape index (κ3) is 7.43. The van der Waals surface area contributed by atoms with Crippen LogP contribution in [0.2, 0.25) is 10.0 Å². The number of benzene rings is 3. The fourth-order valence-electron chi connectivity index (χ4n) is 4.28. The number of aryl methyl sites for hydroxylation is 1. The van der Waals surface area contributed by atoms with Gasteiger partial charge in [0.2, 0.25) is 5.91 Å². The van der Waals surface area contributed by atoms with Gasteiger partial charge in [-0.15, -0.1) is 0 Å². The maximum Gasteiger partial charge on any atom is 0.335 e. The summed E-state index contributed by atoms with van der Waals surface area (Å²) in [6.45, 7) is 4.72. The number of carboxylic acids is 1.